The zero-order valence-electron chi connectivity index (χ0n) is 7.74. The zero-order chi connectivity index (χ0) is 8.55. The van der Waals surface area contributed by atoms with Gasteiger partial charge in [-0.15, -0.1) is 0 Å². The number of rotatable bonds is 0. The van der Waals surface area contributed by atoms with Gasteiger partial charge in [-0.05, 0) is 18.4 Å². The number of fused-ring (bicyclic) bond motifs is 1. The van der Waals surface area contributed by atoms with E-state index in [0.717, 1.165) is 11.1 Å². The zero-order valence-corrected chi connectivity index (χ0v) is 12.7. The summed E-state index contributed by atoms with van der Waals surface area (Å²) < 4.78 is 0. The van der Waals surface area contributed by atoms with Crippen molar-refractivity contribution in [3.8, 4) is 5.75 Å². The summed E-state index contributed by atoms with van der Waals surface area (Å²) in [6.07, 6.45) is 0. The van der Waals surface area contributed by atoms with Crippen LogP contribution in [-0.4, -0.2) is 4.98 Å². The number of nitrogens with zero attached hydrogens (tertiary/aromatic N) is 1. The molecule has 3 heteroatoms. The fourth-order valence-corrected chi connectivity index (χ4v) is 1.22. The van der Waals surface area contributed by atoms with Crippen LogP contribution in [0.3, 0.4) is 0 Å². The minimum Gasteiger partial charge on any atom is -0.871 e. The molecule has 0 saturated carbocycles. The third-order valence-corrected chi connectivity index (χ3v) is 1.82. The van der Waals surface area contributed by atoms with Gasteiger partial charge >= 0.3 is 58.2 Å². The summed E-state index contributed by atoms with van der Waals surface area (Å²) in [4.78, 5) is 4.16. The van der Waals surface area contributed by atoms with E-state index >= 15 is 0 Å². The number of aryl methyl sites for hydroxylation is 1. The second kappa shape index (κ2) is 4.64. The van der Waals surface area contributed by atoms with Gasteiger partial charge in [0.2, 0.25) is 0 Å². The average Bonchev–Trinajstić information content (AvgIpc) is 2.07. The molecule has 0 aliphatic heterocycles. The average molecular weight is 244 g/mol. The van der Waals surface area contributed by atoms with Crippen LogP contribution in [0.4, 0.5) is 0 Å². The molecule has 0 atom stereocenters. The molecule has 2 nitrogen and oxygen atoms in total. The van der Waals surface area contributed by atoms with Gasteiger partial charge in [0.05, 0.1) is 5.52 Å². The fraction of sp³-hybridized carbons (Fsp3) is 0.100. The molecule has 60 valence electrons. The Morgan fingerprint density at radius 2 is 1.92 bits per heavy atom. The summed E-state index contributed by atoms with van der Waals surface area (Å²) in [5, 5.41) is 12.2. The van der Waals surface area contributed by atoms with Crippen LogP contribution in [0.25, 0.3) is 10.9 Å². The number of hydrogen-bond acceptors (Lipinski definition) is 2. The molecule has 1 heterocycles. The molecule has 0 aliphatic carbocycles. The first-order valence-electron chi connectivity index (χ1n) is 3.81. The monoisotopic (exact) mass is 243 g/mol. The molecule has 1 aromatic heterocycles. The maximum Gasteiger partial charge on any atom is 1.00 e. The minimum atomic E-state index is -0.00352. The predicted octanol–water partition coefficient (Wildman–Crippen LogP) is -1.38. The van der Waals surface area contributed by atoms with E-state index in [9.17, 15) is 5.11 Å². The van der Waals surface area contributed by atoms with Crippen molar-refractivity contribution in [2.45, 2.75) is 6.92 Å². The first kappa shape index (κ1) is 11.3. The van der Waals surface area contributed by atoms with Crippen LogP contribution in [-0.2, 0) is 0 Å². The molecule has 2 rings (SSSR count). The maximum absolute atomic E-state index is 11.3. The number of benzene rings is 1. The first-order chi connectivity index (χ1) is 5.77. The Bertz CT molecular complexity index is 428. The number of pyridine rings is 1. The van der Waals surface area contributed by atoms with Crippen molar-refractivity contribution in [1.82, 2.24) is 4.98 Å². The van der Waals surface area contributed by atoms with Crippen LogP contribution in [0, 0.1) is 6.92 Å². The normalized spacial score (nSPS) is 9.62. The van der Waals surface area contributed by atoms with Crippen molar-refractivity contribution in [2.24, 2.45) is 0 Å². The largest absolute Gasteiger partial charge is 1.00 e. The molecule has 0 radical (unpaired) electrons. The van der Waals surface area contributed by atoms with E-state index in [1.165, 1.54) is 6.07 Å². The van der Waals surface area contributed by atoms with E-state index in [-0.39, 0.29) is 63.9 Å². The van der Waals surface area contributed by atoms with Crippen LogP contribution in [0.2, 0.25) is 0 Å². The summed E-state index contributed by atoms with van der Waals surface area (Å²) >= 11 is 0. The Morgan fingerprint density at radius 1 is 1.15 bits per heavy atom. The molecule has 0 fully saturated rings. The van der Waals surface area contributed by atoms with Gasteiger partial charge in [0.25, 0.3) is 0 Å². The maximum atomic E-state index is 11.3. The van der Waals surface area contributed by atoms with Gasteiger partial charge in [-0.25, -0.2) is 0 Å². The van der Waals surface area contributed by atoms with Crippen LogP contribution >= 0.6 is 0 Å². The van der Waals surface area contributed by atoms with Gasteiger partial charge in [0.1, 0.15) is 0 Å². The predicted molar refractivity (Wildman–Crippen MR) is 45.9 cm³/mol. The van der Waals surface area contributed by atoms with Crippen molar-refractivity contribution >= 4 is 10.9 Å². The van der Waals surface area contributed by atoms with Crippen molar-refractivity contribution in [2.75, 3.05) is 0 Å². The van der Waals surface area contributed by atoms with Crippen LogP contribution in [0.1, 0.15) is 5.69 Å². The van der Waals surface area contributed by atoms with Crippen LogP contribution in [0.15, 0.2) is 30.3 Å². The third-order valence-electron chi connectivity index (χ3n) is 1.82. The van der Waals surface area contributed by atoms with Crippen LogP contribution in [0.5, 0.6) is 5.75 Å². The Balaban J connectivity index is 0.000000845. The Kier molecular flexibility index (Phi) is 4.04. The molecule has 0 spiro atoms. The Hall–Kier alpha value is 0.235. The SMILES string of the molecule is Cc1ccc2cccc([O-])c2n1.[Rb+]. The summed E-state index contributed by atoms with van der Waals surface area (Å²) in [5.41, 5.74) is 1.45. The molecular formula is C10H8NORb. The van der Waals surface area contributed by atoms with E-state index in [1.807, 2.05) is 25.1 Å². The van der Waals surface area contributed by atoms with Crippen molar-refractivity contribution < 1.29 is 63.3 Å². The molecule has 0 aliphatic rings. The molecule has 1 aromatic carbocycles. The second-order valence-corrected chi connectivity index (χ2v) is 2.78. The fourth-order valence-electron chi connectivity index (χ4n) is 1.22. The van der Waals surface area contributed by atoms with Crippen LogP contribution < -0.4 is 63.3 Å². The summed E-state index contributed by atoms with van der Waals surface area (Å²) in [5.74, 6) is -0.00352. The summed E-state index contributed by atoms with van der Waals surface area (Å²) in [7, 11) is 0. The van der Waals surface area contributed by atoms with Gasteiger partial charge < -0.3 is 5.11 Å². The first-order valence-corrected chi connectivity index (χ1v) is 3.81. The quantitative estimate of drug-likeness (QED) is 0.572. The molecular weight excluding hydrogens is 236 g/mol. The molecule has 0 N–H and O–H groups in total. The van der Waals surface area contributed by atoms with Gasteiger partial charge in [-0.3, -0.25) is 4.98 Å². The van der Waals surface area contributed by atoms with Gasteiger partial charge in [0, 0.05) is 5.69 Å². The van der Waals surface area contributed by atoms with E-state index in [0.29, 0.717) is 5.52 Å². The molecule has 13 heavy (non-hydrogen) atoms. The molecule has 0 unspecified atom stereocenters. The summed E-state index contributed by atoms with van der Waals surface area (Å²) in [6.45, 7) is 1.88. The molecule has 0 amide bonds. The Morgan fingerprint density at radius 3 is 2.69 bits per heavy atom. The van der Waals surface area contributed by atoms with Gasteiger partial charge in [0.15, 0.2) is 0 Å². The third kappa shape index (κ3) is 2.37. The molecule has 0 bridgehead atoms. The van der Waals surface area contributed by atoms with E-state index < -0.39 is 0 Å². The number of para-hydroxylation sites is 1. The number of aromatic nitrogens is 1. The topological polar surface area (TPSA) is 36.0 Å². The van der Waals surface area contributed by atoms with Gasteiger partial charge in [-0.2, -0.15) is 0 Å². The van der Waals surface area contributed by atoms with Crippen molar-refractivity contribution in [3.63, 3.8) is 0 Å². The van der Waals surface area contributed by atoms with E-state index in [4.69, 9.17) is 0 Å². The summed E-state index contributed by atoms with van der Waals surface area (Å²) in [6, 6.07) is 9.00. The molecule has 2 aromatic rings. The molecule has 0 saturated heterocycles. The number of hydrogen-bond donors (Lipinski definition) is 0. The van der Waals surface area contributed by atoms with E-state index in [1.54, 1.807) is 6.07 Å². The van der Waals surface area contributed by atoms with Crippen molar-refractivity contribution in [3.05, 3.63) is 36.0 Å². The van der Waals surface area contributed by atoms with Gasteiger partial charge in [-0.1, -0.05) is 30.0 Å². The van der Waals surface area contributed by atoms with E-state index in [2.05, 4.69) is 4.98 Å². The van der Waals surface area contributed by atoms with Crippen molar-refractivity contribution in [1.29, 1.82) is 0 Å². The Labute approximate surface area is 126 Å². The smallest absolute Gasteiger partial charge is 0.871 e. The standard InChI is InChI=1S/C10H9NO.Rb/c1-7-5-6-8-3-2-4-9(12)10(8)11-7;/h2-6,12H,1H3;/q;+1/p-1. The second-order valence-electron chi connectivity index (χ2n) is 2.78. The minimum absolute atomic E-state index is 0.